The fourth-order valence-electron chi connectivity index (χ4n) is 1.38. The molecule has 1 aromatic rings. The maximum atomic E-state index is 12.6. The van der Waals surface area contributed by atoms with Gasteiger partial charge in [-0.25, -0.2) is 4.39 Å². The zero-order valence-electron chi connectivity index (χ0n) is 9.59. The molecule has 0 aromatic heterocycles. The summed E-state index contributed by atoms with van der Waals surface area (Å²) in [6.07, 6.45) is 2.18. The SMILES string of the molecule is CCC(C)CNCCc1ccc(F)cc1. The van der Waals surface area contributed by atoms with Crippen LogP contribution in [-0.2, 0) is 6.42 Å². The number of nitrogens with one attached hydrogen (secondary N) is 1. The van der Waals surface area contributed by atoms with E-state index >= 15 is 0 Å². The second-order valence-corrected chi connectivity index (χ2v) is 4.09. The molecular formula is C13H20FN. The van der Waals surface area contributed by atoms with E-state index in [2.05, 4.69) is 19.2 Å². The first-order valence-corrected chi connectivity index (χ1v) is 5.67. The molecule has 1 unspecified atom stereocenters. The summed E-state index contributed by atoms with van der Waals surface area (Å²) in [5.41, 5.74) is 1.19. The second-order valence-electron chi connectivity index (χ2n) is 4.09. The minimum atomic E-state index is -0.161. The normalized spacial score (nSPS) is 12.7. The van der Waals surface area contributed by atoms with Crippen LogP contribution in [0.5, 0.6) is 0 Å². The van der Waals surface area contributed by atoms with Gasteiger partial charge >= 0.3 is 0 Å². The second kappa shape index (κ2) is 6.57. The fraction of sp³-hybridized carbons (Fsp3) is 0.538. The van der Waals surface area contributed by atoms with Gasteiger partial charge in [0, 0.05) is 0 Å². The molecule has 0 aliphatic heterocycles. The monoisotopic (exact) mass is 209 g/mol. The third-order valence-corrected chi connectivity index (χ3v) is 2.69. The van der Waals surface area contributed by atoms with Gasteiger partial charge in [-0.15, -0.1) is 0 Å². The molecule has 84 valence electrons. The zero-order valence-corrected chi connectivity index (χ0v) is 9.59. The molecule has 1 aromatic carbocycles. The minimum absolute atomic E-state index is 0.161. The Morgan fingerprint density at radius 2 is 1.93 bits per heavy atom. The molecule has 0 saturated carbocycles. The summed E-state index contributed by atoms with van der Waals surface area (Å²) < 4.78 is 12.6. The molecule has 1 nitrogen and oxygen atoms in total. The molecular weight excluding hydrogens is 189 g/mol. The Morgan fingerprint density at radius 3 is 2.53 bits per heavy atom. The van der Waals surface area contributed by atoms with Gasteiger partial charge < -0.3 is 5.32 Å². The van der Waals surface area contributed by atoms with Crippen molar-refractivity contribution in [1.82, 2.24) is 5.32 Å². The van der Waals surface area contributed by atoms with Crippen molar-refractivity contribution in [2.45, 2.75) is 26.7 Å². The van der Waals surface area contributed by atoms with E-state index in [-0.39, 0.29) is 5.82 Å². The molecule has 0 radical (unpaired) electrons. The molecule has 0 saturated heterocycles. The Morgan fingerprint density at radius 1 is 1.27 bits per heavy atom. The zero-order chi connectivity index (χ0) is 11.1. The van der Waals surface area contributed by atoms with Crippen LogP contribution in [0.4, 0.5) is 4.39 Å². The summed E-state index contributed by atoms with van der Waals surface area (Å²) in [6, 6.07) is 6.73. The number of hydrogen-bond donors (Lipinski definition) is 1. The maximum Gasteiger partial charge on any atom is 0.123 e. The van der Waals surface area contributed by atoms with Crippen molar-refractivity contribution in [3.63, 3.8) is 0 Å². The van der Waals surface area contributed by atoms with Crippen LogP contribution in [0.2, 0.25) is 0 Å². The summed E-state index contributed by atoms with van der Waals surface area (Å²) in [4.78, 5) is 0. The third kappa shape index (κ3) is 4.93. The molecule has 0 aliphatic carbocycles. The predicted octanol–water partition coefficient (Wildman–Crippen LogP) is 3.00. The lowest BCUT2D eigenvalue weighted by atomic mass is 10.1. The average molecular weight is 209 g/mol. The molecule has 2 heteroatoms. The van der Waals surface area contributed by atoms with Crippen molar-refractivity contribution < 1.29 is 4.39 Å². The van der Waals surface area contributed by atoms with E-state index in [4.69, 9.17) is 0 Å². The minimum Gasteiger partial charge on any atom is -0.316 e. The molecule has 0 bridgehead atoms. The van der Waals surface area contributed by atoms with E-state index in [0.29, 0.717) is 0 Å². The number of benzene rings is 1. The van der Waals surface area contributed by atoms with Crippen LogP contribution in [0, 0.1) is 11.7 Å². The lowest BCUT2D eigenvalue weighted by Gasteiger charge is -2.09. The molecule has 0 fully saturated rings. The van der Waals surface area contributed by atoms with Crippen LogP contribution in [0.1, 0.15) is 25.8 Å². The van der Waals surface area contributed by atoms with Gasteiger partial charge in [-0.1, -0.05) is 32.4 Å². The first-order chi connectivity index (χ1) is 7.22. The predicted molar refractivity (Wildman–Crippen MR) is 62.4 cm³/mol. The van der Waals surface area contributed by atoms with Crippen molar-refractivity contribution in [3.8, 4) is 0 Å². The fourth-order valence-corrected chi connectivity index (χ4v) is 1.38. The molecule has 0 spiro atoms. The van der Waals surface area contributed by atoms with E-state index in [0.717, 1.165) is 25.4 Å². The van der Waals surface area contributed by atoms with Crippen molar-refractivity contribution in [3.05, 3.63) is 35.6 Å². The smallest absolute Gasteiger partial charge is 0.123 e. The maximum absolute atomic E-state index is 12.6. The van der Waals surface area contributed by atoms with Crippen LogP contribution < -0.4 is 5.32 Å². The Balaban J connectivity index is 2.17. The summed E-state index contributed by atoms with van der Waals surface area (Å²) in [5, 5.41) is 3.41. The number of hydrogen-bond acceptors (Lipinski definition) is 1. The Hall–Kier alpha value is -0.890. The van der Waals surface area contributed by atoms with Gasteiger partial charge in [0.25, 0.3) is 0 Å². The van der Waals surface area contributed by atoms with E-state index < -0.39 is 0 Å². The van der Waals surface area contributed by atoms with Gasteiger partial charge in [0.15, 0.2) is 0 Å². The van der Waals surface area contributed by atoms with Gasteiger partial charge in [0.2, 0.25) is 0 Å². The van der Waals surface area contributed by atoms with Crippen LogP contribution in [0.25, 0.3) is 0 Å². The van der Waals surface area contributed by atoms with Crippen LogP contribution in [-0.4, -0.2) is 13.1 Å². The summed E-state index contributed by atoms with van der Waals surface area (Å²) >= 11 is 0. The molecule has 15 heavy (non-hydrogen) atoms. The van der Waals surface area contributed by atoms with Crippen LogP contribution >= 0.6 is 0 Å². The largest absolute Gasteiger partial charge is 0.316 e. The molecule has 0 aliphatic rings. The van der Waals surface area contributed by atoms with E-state index in [9.17, 15) is 4.39 Å². The third-order valence-electron chi connectivity index (χ3n) is 2.69. The highest BCUT2D eigenvalue weighted by Crippen LogP contribution is 2.03. The highest BCUT2D eigenvalue weighted by atomic mass is 19.1. The highest BCUT2D eigenvalue weighted by molar-refractivity contribution is 5.16. The topological polar surface area (TPSA) is 12.0 Å². The van der Waals surface area contributed by atoms with Crippen LogP contribution in [0.15, 0.2) is 24.3 Å². The first kappa shape index (κ1) is 12.2. The van der Waals surface area contributed by atoms with Gasteiger partial charge in [-0.2, -0.15) is 0 Å². The Labute approximate surface area is 91.7 Å². The highest BCUT2D eigenvalue weighted by Gasteiger charge is 1.98. The van der Waals surface area contributed by atoms with Gasteiger partial charge in [-0.05, 0) is 43.1 Å². The average Bonchev–Trinajstić information content (AvgIpc) is 2.26. The van der Waals surface area contributed by atoms with Crippen LogP contribution in [0.3, 0.4) is 0 Å². The van der Waals surface area contributed by atoms with Gasteiger partial charge in [-0.3, -0.25) is 0 Å². The van der Waals surface area contributed by atoms with E-state index in [1.165, 1.54) is 24.1 Å². The van der Waals surface area contributed by atoms with E-state index in [1.807, 2.05) is 12.1 Å². The van der Waals surface area contributed by atoms with Crippen molar-refractivity contribution in [2.24, 2.45) is 5.92 Å². The molecule has 1 atom stereocenters. The molecule has 0 amide bonds. The molecule has 0 heterocycles. The molecule has 1 rings (SSSR count). The Bertz CT molecular complexity index is 268. The Kier molecular flexibility index (Phi) is 5.33. The number of halogens is 1. The lowest BCUT2D eigenvalue weighted by Crippen LogP contribution is -2.23. The summed E-state index contributed by atoms with van der Waals surface area (Å²) in [5.74, 6) is 0.574. The standard InChI is InChI=1S/C13H20FN/c1-3-11(2)10-15-9-8-12-4-6-13(14)7-5-12/h4-7,11,15H,3,8-10H2,1-2H3. The van der Waals surface area contributed by atoms with Gasteiger partial charge in [0.1, 0.15) is 5.82 Å². The molecule has 1 N–H and O–H groups in total. The van der Waals surface area contributed by atoms with Crippen molar-refractivity contribution in [1.29, 1.82) is 0 Å². The summed E-state index contributed by atoms with van der Waals surface area (Å²) in [7, 11) is 0. The number of rotatable bonds is 6. The van der Waals surface area contributed by atoms with Gasteiger partial charge in [0.05, 0.1) is 0 Å². The lowest BCUT2D eigenvalue weighted by molar-refractivity contribution is 0.502. The summed E-state index contributed by atoms with van der Waals surface area (Å²) in [6.45, 7) is 6.48. The van der Waals surface area contributed by atoms with Crippen molar-refractivity contribution >= 4 is 0 Å². The quantitative estimate of drug-likeness (QED) is 0.710. The first-order valence-electron chi connectivity index (χ1n) is 5.67. The van der Waals surface area contributed by atoms with E-state index in [1.54, 1.807) is 0 Å². The van der Waals surface area contributed by atoms with Crippen molar-refractivity contribution in [2.75, 3.05) is 13.1 Å².